The van der Waals surface area contributed by atoms with Gasteiger partial charge >= 0.3 is 0 Å². The average Bonchev–Trinajstić information content (AvgIpc) is 2.31. The van der Waals surface area contributed by atoms with Crippen molar-refractivity contribution in [1.29, 1.82) is 0 Å². The number of hydrogen-bond acceptors (Lipinski definition) is 1. The van der Waals surface area contributed by atoms with Crippen molar-refractivity contribution in [3.63, 3.8) is 0 Å². The van der Waals surface area contributed by atoms with E-state index in [1.807, 2.05) is 18.2 Å². The largest absolute Gasteiger partial charge is 0.320 e. The van der Waals surface area contributed by atoms with Gasteiger partial charge in [0.1, 0.15) is 0 Å². The van der Waals surface area contributed by atoms with E-state index in [0.29, 0.717) is 0 Å². The highest BCUT2D eigenvalue weighted by atomic mass is 14.6. The first-order valence-corrected chi connectivity index (χ1v) is 5.48. The van der Waals surface area contributed by atoms with Gasteiger partial charge in [0.25, 0.3) is 0 Å². The van der Waals surface area contributed by atoms with Gasteiger partial charge in [-0.05, 0) is 27.7 Å². The summed E-state index contributed by atoms with van der Waals surface area (Å²) >= 11 is 0. The zero-order chi connectivity index (χ0) is 11.0. The average molecular weight is 207 g/mol. The molecule has 0 amide bonds. The highest BCUT2D eigenvalue weighted by molar-refractivity contribution is 5.75. The summed E-state index contributed by atoms with van der Waals surface area (Å²) in [5, 5.41) is 2.50. The SMILES string of the molecule is NC1C2=CC=CC=CC1=c1ccccc1=C2. The third kappa shape index (κ3) is 1.37. The molecule has 2 aliphatic rings. The van der Waals surface area contributed by atoms with Crippen molar-refractivity contribution in [2.75, 3.05) is 0 Å². The third-order valence-corrected chi connectivity index (χ3v) is 3.07. The maximum Gasteiger partial charge on any atom is 0.0558 e. The van der Waals surface area contributed by atoms with Gasteiger partial charge in [-0.2, -0.15) is 0 Å². The first-order chi connectivity index (χ1) is 7.86. The van der Waals surface area contributed by atoms with Gasteiger partial charge in [-0.3, -0.25) is 0 Å². The van der Waals surface area contributed by atoms with E-state index in [2.05, 4.69) is 42.5 Å². The third-order valence-electron chi connectivity index (χ3n) is 3.07. The predicted molar refractivity (Wildman–Crippen MR) is 67.9 cm³/mol. The van der Waals surface area contributed by atoms with Gasteiger partial charge in [-0.15, -0.1) is 0 Å². The summed E-state index contributed by atoms with van der Waals surface area (Å²) in [6.07, 6.45) is 12.5. The molecule has 2 N–H and O–H groups in total. The molecule has 0 spiro atoms. The quantitative estimate of drug-likeness (QED) is 0.675. The van der Waals surface area contributed by atoms with Crippen LogP contribution in [-0.4, -0.2) is 6.04 Å². The zero-order valence-electron chi connectivity index (χ0n) is 8.93. The van der Waals surface area contributed by atoms with Crippen LogP contribution in [0.3, 0.4) is 0 Å². The minimum atomic E-state index is -0.00361. The van der Waals surface area contributed by atoms with E-state index < -0.39 is 0 Å². The Hall–Kier alpha value is -1.86. The molecule has 1 nitrogen and oxygen atoms in total. The molecule has 16 heavy (non-hydrogen) atoms. The minimum absolute atomic E-state index is 0.00361. The van der Waals surface area contributed by atoms with Crippen molar-refractivity contribution in [2.45, 2.75) is 6.04 Å². The van der Waals surface area contributed by atoms with Crippen molar-refractivity contribution in [3.8, 4) is 0 Å². The van der Waals surface area contributed by atoms with Crippen LogP contribution in [-0.2, 0) is 0 Å². The second-order valence-electron chi connectivity index (χ2n) is 4.08. The van der Waals surface area contributed by atoms with Gasteiger partial charge < -0.3 is 5.73 Å². The normalized spacial score (nSPS) is 21.7. The summed E-state index contributed by atoms with van der Waals surface area (Å²) in [7, 11) is 0. The summed E-state index contributed by atoms with van der Waals surface area (Å²) in [4.78, 5) is 0. The molecule has 2 aliphatic carbocycles. The van der Waals surface area contributed by atoms with Crippen LogP contribution < -0.4 is 16.2 Å². The van der Waals surface area contributed by atoms with Crippen molar-refractivity contribution in [2.24, 2.45) is 5.73 Å². The number of fused-ring (bicyclic) bond motifs is 3. The van der Waals surface area contributed by atoms with Crippen molar-refractivity contribution in [3.05, 3.63) is 70.7 Å². The van der Waals surface area contributed by atoms with Crippen molar-refractivity contribution in [1.82, 2.24) is 0 Å². The lowest BCUT2D eigenvalue weighted by molar-refractivity contribution is 0.999. The van der Waals surface area contributed by atoms with E-state index in [4.69, 9.17) is 5.73 Å². The fraction of sp³-hybridized carbons (Fsp3) is 0.0667. The van der Waals surface area contributed by atoms with E-state index in [-0.39, 0.29) is 6.04 Å². The Kier molecular flexibility index (Phi) is 2.12. The van der Waals surface area contributed by atoms with Crippen LogP contribution >= 0.6 is 0 Å². The minimum Gasteiger partial charge on any atom is -0.320 e. The summed E-state index contributed by atoms with van der Waals surface area (Å²) in [5.74, 6) is 0. The molecule has 0 radical (unpaired) electrons. The van der Waals surface area contributed by atoms with E-state index in [1.54, 1.807) is 0 Å². The Bertz CT molecular complexity index is 630. The van der Waals surface area contributed by atoms with Crippen LogP contribution in [0.25, 0.3) is 11.6 Å². The van der Waals surface area contributed by atoms with Gasteiger partial charge in [-0.25, -0.2) is 0 Å². The molecule has 0 aliphatic heterocycles. The molecular weight excluding hydrogens is 194 g/mol. The molecule has 1 aromatic rings. The summed E-state index contributed by atoms with van der Waals surface area (Å²) in [5.41, 5.74) is 8.62. The highest BCUT2D eigenvalue weighted by Gasteiger charge is 2.15. The Labute approximate surface area is 94.6 Å². The molecule has 2 bridgehead atoms. The Morgan fingerprint density at radius 3 is 2.81 bits per heavy atom. The van der Waals surface area contributed by atoms with Crippen LogP contribution in [0, 0.1) is 0 Å². The molecule has 0 heterocycles. The molecule has 0 aromatic heterocycles. The Morgan fingerprint density at radius 1 is 1.00 bits per heavy atom. The second kappa shape index (κ2) is 3.62. The standard InChI is InChI=1S/C15H13N/c16-15-12-7-2-1-3-9-14(15)13-8-5-4-6-11(13)10-12/h1-10,15H,16H2. The molecule has 1 aromatic carbocycles. The fourth-order valence-corrected chi connectivity index (χ4v) is 2.24. The first-order valence-electron chi connectivity index (χ1n) is 5.48. The summed E-state index contributed by atoms with van der Waals surface area (Å²) in [6, 6.07) is 8.38. The lowest BCUT2D eigenvalue weighted by atomic mass is 9.89. The molecule has 1 atom stereocenters. The number of nitrogens with two attached hydrogens (primary N) is 1. The molecule has 0 saturated carbocycles. The molecular formula is C15H13N. The van der Waals surface area contributed by atoms with Gasteiger partial charge in [0.2, 0.25) is 0 Å². The lowest BCUT2D eigenvalue weighted by Gasteiger charge is -2.19. The maximum atomic E-state index is 6.25. The van der Waals surface area contributed by atoms with Crippen LogP contribution in [0.5, 0.6) is 0 Å². The van der Waals surface area contributed by atoms with Crippen molar-refractivity contribution < 1.29 is 0 Å². The first kappa shape index (κ1) is 9.37. The number of benzene rings is 1. The van der Waals surface area contributed by atoms with Gasteiger partial charge in [0, 0.05) is 0 Å². The van der Waals surface area contributed by atoms with Crippen LogP contribution in [0.2, 0.25) is 0 Å². The van der Waals surface area contributed by atoms with Gasteiger partial charge in [0.05, 0.1) is 6.04 Å². The number of allylic oxidation sites excluding steroid dienone is 4. The zero-order valence-corrected chi connectivity index (χ0v) is 8.93. The maximum absolute atomic E-state index is 6.25. The number of rotatable bonds is 0. The van der Waals surface area contributed by atoms with Crippen LogP contribution in [0.15, 0.2) is 60.2 Å². The molecule has 0 fully saturated rings. The topological polar surface area (TPSA) is 26.0 Å². The molecule has 0 saturated heterocycles. The summed E-state index contributed by atoms with van der Waals surface area (Å²) < 4.78 is 0. The van der Waals surface area contributed by atoms with E-state index in [1.165, 1.54) is 21.6 Å². The monoisotopic (exact) mass is 207 g/mol. The lowest BCUT2D eigenvalue weighted by Crippen LogP contribution is -2.39. The van der Waals surface area contributed by atoms with Gasteiger partial charge in [-0.1, -0.05) is 54.6 Å². The Balaban J connectivity index is 2.47. The van der Waals surface area contributed by atoms with E-state index in [0.717, 1.165) is 0 Å². The van der Waals surface area contributed by atoms with E-state index in [9.17, 15) is 0 Å². The smallest absolute Gasteiger partial charge is 0.0558 e. The Morgan fingerprint density at radius 2 is 1.88 bits per heavy atom. The predicted octanol–water partition coefficient (Wildman–Crippen LogP) is 1.01. The van der Waals surface area contributed by atoms with Crippen LogP contribution in [0.4, 0.5) is 0 Å². The molecule has 78 valence electrons. The van der Waals surface area contributed by atoms with Crippen molar-refractivity contribution >= 4 is 11.6 Å². The highest BCUT2D eigenvalue weighted by Crippen LogP contribution is 2.16. The number of hydrogen-bond donors (Lipinski definition) is 1. The second-order valence-corrected chi connectivity index (χ2v) is 4.08. The van der Waals surface area contributed by atoms with E-state index >= 15 is 0 Å². The van der Waals surface area contributed by atoms with Gasteiger partial charge in [0.15, 0.2) is 0 Å². The fourth-order valence-electron chi connectivity index (χ4n) is 2.24. The molecule has 1 heteroatoms. The summed E-state index contributed by atoms with van der Waals surface area (Å²) in [6.45, 7) is 0. The van der Waals surface area contributed by atoms with Crippen LogP contribution in [0.1, 0.15) is 0 Å². The molecule has 3 rings (SSSR count). The molecule has 1 unspecified atom stereocenters.